The zero-order chi connectivity index (χ0) is 25.8. The molecule has 1 atom stereocenters. The summed E-state index contributed by atoms with van der Waals surface area (Å²) in [7, 11) is 0. The molecule has 0 spiro atoms. The number of nitrogens with zero attached hydrogens (tertiary/aromatic N) is 2. The summed E-state index contributed by atoms with van der Waals surface area (Å²) in [6.07, 6.45) is 8.24. The summed E-state index contributed by atoms with van der Waals surface area (Å²) in [4.78, 5) is 2.53. The molecule has 196 valence electrons. The highest BCUT2D eigenvalue weighted by Crippen LogP contribution is 2.40. The lowest BCUT2D eigenvalue weighted by molar-refractivity contribution is 0.238. The van der Waals surface area contributed by atoms with Crippen LogP contribution in [-0.4, -0.2) is 24.5 Å². The number of piperidine rings is 1. The van der Waals surface area contributed by atoms with Gasteiger partial charge in [0, 0.05) is 13.1 Å². The number of nitriles is 1. The fraction of sp³-hybridized carbons (Fsp3) is 0.324. The van der Waals surface area contributed by atoms with Crippen LogP contribution in [0.4, 0.5) is 4.39 Å². The van der Waals surface area contributed by atoms with Gasteiger partial charge in [-0.1, -0.05) is 92.2 Å². The van der Waals surface area contributed by atoms with E-state index in [-0.39, 0.29) is 24.1 Å². The third-order valence-electron chi connectivity index (χ3n) is 8.29. The fourth-order valence-electron chi connectivity index (χ4n) is 6.11. The summed E-state index contributed by atoms with van der Waals surface area (Å²) >= 11 is 0. The molecule has 0 N–H and O–H groups in total. The van der Waals surface area contributed by atoms with Crippen molar-refractivity contribution in [1.29, 1.82) is 5.26 Å². The molecule has 2 aliphatic rings. The van der Waals surface area contributed by atoms with E-state index < -0.39 is 5.41 Å². The third kappa shape index (κ3) is 5.48. The van der Waals surface area contributed by atoms with Gasteiger partial charge >= 0.3 is 0 Å². The van der Waals surface area contributed by atoms with E-state index in [4.69, 9.17) is 0 Å². The number of likely N-dealkylation sites (tertiary alicyclic amines) is 1. The van der Waals surface area contributed by atoms with Crippen LogP contribution in [0.15, 0.2) is 78.4 Å². The van der Waals surface area contributed by atoms with Crippen LogP contribution in [0.5, 0.6) is 0 Å². The number of fused-ring (bicyclic) bond motifs is 2. The minimum atomic E-state index is -0.661. The zero-order valence-corrected chi connectivity index (χ0v) is 23.1. The van der Waals surface area contributed by atoms with Crippen LogP contribution in [0.2, 0.25) is 0 Å². The summed E-state index contributed by atoms with van der Waals surface area (Å²) in [5.74, 6) is -0.160. The maximum absolute atomic E-state index is 14.0. The SMILES string of the molecule is CC(C)C(C#N)(CCCN1CCC(=C2c3ccccc3C=Cc3ccccc32)CC1)c1cccc(F)c1.Cl. The van der Waals surface area contributed by atoms with E-state index in [1.165, 1.54) is 39.5 Å². The summed E-state index contributed by atoms with van der Waals surface area (Å²) in [6.45, 7) is 7.16. The van der Waals surface area contributed by atoms with Crippen molar-refractivity contribution in [2.45, 2.75) is 44.9 Å². The second-order valence-corrected chi connectivity index (χ2v) is 10.7. The molecule has 1 heterocycles. The van der Waals surface area contributed by atoms with Gasteiger partial charge in [0.15, 0.2) is 0 Å². The van der Waals surface area contributed by atoms with Gasteiger partial charge in [-0.15, -0.1) is 12.4 Å². The average molecular weight is 527 g/mol. The predicted octanol–water partition coefficient (Wildman–Crippen LogP) is 8.53. The first-order chi connectivity index (χ1) is 18.0. The second-order valence-electron chi connectivity index (χ2n) is 10.7. The zero-order valence-electron chi connectivity index (χ0n) is 22.3. The number of hydrogen-bond acceptors (Lipinski definition) is 2. The molecular formula is C34H36ClFN2. The monoisotopic (exact) mass is 526 g/mol. The highest BCUT2D eigenvalue weighted by atomic mass is 35.5. The normalized spacial score (nSPS) is 16.6. The number of halogens is 2. The van der Waals surface area contributed by atoms with Crippen LogP contribution in [0.3, 0.4) is 0 Å². The Balaban J connectivity index is 0.00000336. The number of hydrogen-bond donors (Lipinski definition) is 0. The molecule has 0 radical (unpaired) electrons. The number of benzene rings is 3. The molecule has 1 aliphatic heterocycles. The van der Waals surface area contributed by atoms with Gasteiger partial charge in [0.2, 0.25) is 0 Å². The first-order valence-corrected chi connectivity index (χ1v) is 13.5. The standard InChI is InChI=1S/C34H35FN2.ClH/c1-25(2)34(24-36,29-11-7-12-30(35)23-29)19-8-20-37-21-17-28(18-22-37)33-31-13-5-3-9-26(31)15-16-27-10-4-6-14-32(27)33;/h3-7,9-16,23,25H,8,17-22H2,1-2H3;1H. The Morgan fingerprint density at radius 1 is 0.895 bits per heavy atom. The van der Waals surface area contributed by atoms with Gasteiger partial charge < -0.3 is 4.90 Å². The Morgan fingerprint density at radius 2 is 1.50 bits per heavy atom. The van der Waals surface area contributed by atoms with Crippen LogP contribution in [0.25, 0.3) is 17.7 Å². The van der Waals surface area contributed by atoms with E-state index >= 15 is 0 Å². The molecule has 0 bridgehead atoms. The summed E-state index contributed by atoms with van der Waals surface area (Å²) in [6, 6.07) is 26.7. The van der Waals surface area contributed by atoms with E-state index in [1.54, 1.807) is 12.1 Å². The maximum atomic E-state index is 14.0. The lowest BCUT2D eigenvalue weighted by atomic mass is 9.70. The third-order valence-corrected chi connectivity index (χ3v) is 8.29. The topological polar surface area (TPSA) is 27.0 Å². The highest BCUT2D eigenvalue weighted by molar-refractivity contribution is 5.94. The molecule has 0 saturated carbocycles. The predicted molar refractivity (Wildman–Crippen MR) is 159 cm³/mol. The molecule has 1 aliphatic carbocycles. The summed E-state index contributed by atoms with van der Waals surface area (Å²) in [5, 5.41) is 10.2. The Kier molecular flexibility index (Phi) is 8.87. The summed E-state index contributed by atoms with van der Waals surface area (Å²) in [5.41, 5.74) is 8.31. The van der Waals surface area contributed by atoms with Crippen molar-refractivity contribution in [3.05, 3.63) is 112 Å². The van der Waals surface area contributed by atoms with Crippen LogP contribution in [-0.2, 0) is 5.41 Å². The average Bonchev–Trinajstić information content (AvgIpc) is 3.08. The Labute approximate surface area is 232 Å². The van der Waals surface area contributed by atoms with Gasteiger partial charge in [-0.2, -0.15) is 5.26 Å². The van der Waals surface area contributed by atoms with Crippen molar-refractivity contribution in [3.63, 3.8) is 0 Å². The van der Waals surface area contributed by atoms with Crippen molar-refractivity contribution in [2.75, 3.05) is 19.6 Å². The van der Waals surface area contributed by atoms with Gasteiger partial charge in [0.05, 0.1) is 11.5 Å². The lowest BCUT2D eigenvalue weighted by Crippen LogP contribution is -2.35. The summed E-state index contributed by atoms with van der Waals surface area (Å²) < 4.78 is 14.0. The van der Waals surface area contributed by atoms with Crippen LogP contribution >= 0.6 is 12.4 Å². The Morgan fingerprint density at radius 3 is 2.05 bits per heavy atom. The van der Waals surface area contributed by atoms with Crippen molar-refractivity contribution < 1.29 is 4.39 Å². The lowest BCUT2D eigenvalue weighted by Gasteiger charge is -2.34. The van der Waals surface area contributed by atoms with Crippen LogP contribution in [0.1, 0.15) is 67.3 Å². The van der Waals surface area contributed by atoms with Gasteiger partial charge in [-0.3, -0.25) is 0 Å². The molecule has 0 amide bonds. The molecule has 1 fully saturated rings. The maximum Gasteiger partial charge on any atom is 0.123 e. The van der Waals surface area contributed by atoms with E-state index in [0.717, 1.165) is 50.9 Å². The fourth-order valence-corrected chi connectivity index (χ4v) is 6.11. The van der Waals surface area contributed by atoms with Gasteiger partial charge in [-0.25, -0.2) is 4.39 Å². The van der Waals surface area contributed by atoms with Crippen molar-refractivity contribution in [3.8, 4) is 6.07 Å². The van der Waals surface area contributed by atoms with Gasteiger partial charge in [-0.05, 0) is 83.7 Å². The first kappa shape index (κ1) is 27.8. The van der Waals surface area contributed by atoms with Crippen molar-refractivity contribution in [2.24, 2.45) is 5.92 Å². The molecule has 1 unspecified atom stereocenters. The van der Waals surface area contributed by atoms with Gasteiger partial charge in [0.25, 0.3) is 0 Å². The molecule has 4 heteroatoms. The molecule has 5 rings (SSSR count). The van der Waals surface area contributed by atoms with E-state index in [0.29, 0.717) is 0 Å². The van der Waals surface area contributed by atoms with Gasteiger partial charge in [0.1, 0.15) is 5.82 Å². The molecule has 3 aromatic carbocycles. The minimum absolute atomic E-state index is 0. The molecule has 38 heavy (non-hydrogen) atoms. The first-order valence-electron chi connectivity index (χ1n) is 13.5. The van der Waals surface area contributed by atoms with Crippen LogP contribution < -0.4 is 0 Å². The molecule has 3 aromatic rings. The number of rotatable bonds is 6. The Bertz CT molecular complexity index is 1320. The molecule has 1 saturated heterocycles. The van der Waals surface area contributed by atoms with E-state index in [9.17, 15) is 9.65 Å². The molecule has 0 aromatic heterocycles. The van der Waals surface area contributed by atoms with E-state index in [2.05, 4.69) is 85.5 Å². The quantitative estimate of drug-likeness (QED) is 0.252. The van der Waals surface area contributed by atoms with Crippen molar-refractivity contribution in [1.82, 2.24) is 4.90 Å². The van der Waals surface area contributed by atoms with Crippen LogP contribution in [0, 0.1) is 23.1 Å². The molecule has 2 nitrogen and oxygen atoms in total. The smallest absolute Gasteiger partial charge is 0.123 e. The molecular weight excluding hydrogens is 491 g/mol. The van der Waals surface area contributed by atoms with E-state index in [1.807, 2.05) is 6.07 Å². The Hall–Kier alpha value is -3.19. The highest BCUT2D eigenvalue weighted by Gasteiger charge is 2.36. The van der Waals surface area contributed by atoms with Crippen molar-refractivity contribution >= 4 is 30.1 Å². The minimum Gasteiger partial charge on any atom is -0.303 e. The largest absolute Gasteiger partial charge is 0.303 e. The second kappa shape index (κ2) is 12.1.